The van der Waals surface area contributed by atoms with Crippen molar-refractivity contribution in [1.82, 2.24) is 0 Å². The van der Waals surface area contributed by atoms with E-state index in [1.54, 1.807) is 0 Å². The van der Waals surface area contributed by atoms with Crippen molar-refractivity contribution in [3.8, 4) is 0 Å². The Balaban J connectivity index is 1.45. The van der Waals surface area contributed by atoms with Gasteiger partial charge in [-0.2, -0.15) is 0 Å². The second kappa shape index (κ2) is 5.92. The lowest BCUT2D eigenvalue weighted by molar-refractivity contribution is -0.202. The third-order valence-electron chi connectivity index (χ3n) is 8.22. The molecule has 0 amide bonds. The van der Waals surface area contributed by atoms with E-state index in [1.165, 1.54) is 0 Å². The molecule has 0 N–H and O–H groups in total. The standard InChI is InChI=1S/C22H28O5/c1-3-19(24)27-20-11(2)6-16-15(20)5-4-12-7-13-8-14-9-18(23)22(13,10-17(12)16)21(25)26-14/h4-5,11-17,20H,3,6-10H2,1-2H3/t11-,12+,13-,14-,15-,16-,17-,20-,22?/m1/s1. The number of carbonyl (C=O) groups excluding carboxylic acids is 3. The van der Waals surface area contributed by atoms with Crippen molar-refractivity contribution in [3.05, 3.63) is 12.2 Å². The van der Waals surface area contributed by atoms with E-state index in [9.17, 15) is 14.4 Å². The topological polar surface area (TPSA) is 69.7 Å². The Kier molecular flexibility index (Phi) is 3.83. The number of rotatable bonds is 2. The maximum absolute atomic E-state index is 12.9. The predicted octanol–water partition coefficient (Wildman–Crippen LogP) is 3.07. The van der Waals surface area contributed by atoms with Crippen LogP contribution in [0.3, 0.4) is 0 Å². The van der Waals surface area contributed by atoms with Crippen LogP contribution in [-0.4, -0.2) is 29.9 Å². The van der Waals surface area contributed by atoms with Gasteiger partial charge in [-0.1, -0.05) is 26.0 Å². The highest BCUT2D eigenvalue weighted by Crippen LogP contribution is 2.61. The van der Waals surface area contributed by atoms with E-state index in [0.717, 1.165) is 19.3 Å². The molecule has 5 nitrogen and oxygen atoms in total. The Bertz CT molecular complexity index is 706. The van der Waals surface area contributed by atoms with E-state index in [4.69, 9.17) is 9.47 Å². The molecule has 3 saturated carbocycles. The van der Waals surface area contributed by atoms with Crippen molar-refractivity contribution < 1.29 is 23.9 Å². The van der Waals surface area contributed by atoms with Crippen LogP contribution in [0.2, 0.25) is 0 Å². The molecule has 9 atom stereocenters. The number of hydrogen-bond donors (Lipinski definition) is 0. The fraction of sp³-hybridized carbons (Fsp3) is 0.773. The van der Waals surface area contributed by atoms with Gasteiger partial charge in [0.1, 0.15) is 17.6 Å². The van der Waals surface area contributed by atoms with Crippen LogP contribution in [0, 0.1) is 40.9 Å². The van der Waals surface area contributed by atoms with Crippen LogP contribution in [0.15, 0.2) is 12.2 Å². The van der Waals surface area contributed by atoms with Crippen molar-refractivity contribution in [3.63, 3.8) is 0 Å². The average Bonchev–Trinajstić information content (AvgIpc) is 2.95. The first-order chi connectivity index (χ1) is 12.9. The molecular weight excluding hydrogens is 344 g/mol. The lowest BCUT2D eigenvalue weighted by Crippen LogP contribution is -2.62. The number of fused-ring (bicyclic) bond motifs is 5. The zero-order valence-electron chi connectivity index (χ0n) is 16.1. The van der Waals surface area contributed by atoms with Crippen LogP contribution in [0.25, 0.3) is 0 Å². The quantitative estimate of drug-likeness (QED) is 0.423. The van der Waals surface area contributed by atoms with Gasteiger partial charge in [0.15, 0.2) is 5.78 Å². The Morgan fingerprint density at radius 1 is 1.22 bits per heavy atom. The number of Topliss-reactive ketones (excluding diaryl/α,β-unsaturated/α-hetero) is 1. The molecule has 5 heteroatoms. The number of carbonyl (C=O) groups is 3. The zero-order valence-corrected chi connectivity index (χ0v) is 16.1. The van der Waals surface area contributed by atoms with Crippen LogP contribution in [0.5, 0.6) is 0 Å². The van der Waals surface area contributed by atoms with Crippen molar-refractivity contribution in [1.29, 1.82) is 0 Å². The summed E-state index contributed by atoms with van der Waals surface area (Å²) in [6.45, 7) is 3.98. The van der Waals surface area contributed by atoms with Gasteiger partial charge in [0.2, 0.25) is 0 Å². The summed E-state index contributed by atoms with van der Waals surface area (Å²) in [5, 5.41) is 0. The van der Waals surface area contributed by atoms with Gasteiger partial charge >= 0.3 is 11.9 Å². The Labute approximate surface area is 159 Å². The number of hydrogen-bond acceptors (Lipinski definition) is 5. The molecule has 2 bridgehead atoms. The number of ether oxygens (including phenoxy) is 2. The van der Waals surface area contributed by atoms with Crippen LogP contribution in [0.1, 0.15) is 52.4 Å². The van der Waals surface area contributed by atoms with Gasteiger partial charge in [-0.3, -0.25) is 14.4 Å². The minimum Gasteiger partial charge on any atom is -0.461 e. The van der Waals surface area contributed by atoms with Gasteiger partial charge in [-0.25, -0.2) is 0 Å². The molecule has 5 fully saturated rings. The molecule has 0 aromatic rings. The molecule has 4 aliphatic carbocycles. The van der Waals surface area contributed by atoms with Gasteiger partial charge in [-0.15, -0.1) is 0 Å². The molecule has 1 unspecified atom stereocenters. The summed E-state index contributed by atoms with van der Waals surface area (Å²) < 4.78 is 11.4. The summed E-state index contributed by atoms with van der Waals surface area (Å²) in [5.41, 5.74) is -0.896. The fourth-order valence-corrected chi connectivity index (χ4v) is 6.98. The molecule has 6 aliphatic rings. The molecule has 1 spiro atoms. The van der Waals surface area contributed by atoms with Gasteiger partial charge in [-0.05, 0) is 55.3 Å². The van der Waals surface area contributed by atoms with E-state index in [2.05, 4.69) is 19.1 Å². The molecule has 0 aromatic heterocycles. The molecule has 2 heterocycles. The highest BCUT2D eigenvalue weighted by atomic mass is 16.6. The molecule has 2 saturated heterocycles. The van der Waals surface area contributed by atoms with E-state index in [0.29, 0.717) is 42.9 Å². The predicted molar refractivity (Wildman–Crippen MR) is 96.3 cm³/mol. The lowest BCUT2D eigenvalue weighted by Gasteiger charge is -2.56. The Hall–Kier alpha value is -1.65. The molecule has 6 rings (SSSR count). The van der Waals surface area contributed by atoms with Crippen molar-refractivity contribution in [2.24, 2.45) is 40.9 Å². The SMILES string of the molecule is CCC(=O)O[C@H]1[C@@H]2C=C[C@H]3C[C@@H]4C[C@@H]5CC(=O)C4(C[C@H]3[C@@H]2C[C@H]1C)C(=O)O5. The molecule has 27 heavy (non-hydrogen) atoms. The number of allylic oxidation sites excluding steroid dienone is 1. The third kappa shape index (κ3) is 2.32. The normalized spacial score (nSPS) is 49.9. The summed E-state index contributed by atoms with van der Waals surface area (Å²) in [4.78, 5) is 37.6. The van der Waals surface area contributed by atoms with Crippen LogP contribution in [0.4, 0.5) is 0 Å². The van der Waals surface area contributed by atoms with Crippen molar-refractivity contribution in [2.45, 2.75) is 64.6 Å². The minimum absolute atomic E-state index is 0.0837. The average molecular weight is 372 g/mol. The first-order valence-corrected chi connectivity index (χ1v) is 10.6. The van der Waals surface area contributed by atoms with E-state index in [1.807, 2.05) is 6.92 Å². The van der Waals surface area contributed by atoms with Crippen LogP contribution in [-0.2, 0) is 23.9 Å². The van der Waals surface area contributed by atoms with E-state index < -0.39 is 5.41 Å². The zero-order chi connectivity index (χ0) is 18.9. The summed E-state index contributed by atoms with van der Waals surface area (Å²) in [6.07, 6.45) is 8.44. The van der Waals surface area contributed by atoms with Gasteiger partial charge < -0.3 is 9.47 Å². The van der Waals surface area contributed by atoms with E-state index >= 15 is 0 Å². The van der Waals surface area contributed by atoms with Crippen molar-refractivity contribution in [2.75, 3.05) is 0 Å². The number of ketones is 1. The Morgan fingerprint density at radius 2 is 2.04 bits per heavy atom. The van der Waals surface area contributed by atoms with Crippen LogP contribution < -0.4 is 0 Å². The number of esters is 2. The summed E-state index contributed by atoms with van der Waals surface area (Å²) in [5.74, 6) is 1.46. The molecule has 0 aromatic carbocycles. The molecule has 2 aliphatic heterocycles. The van der Waals surface area contributed by atoms with Crippen molar-refractivity contribution >= 4 is 17.7 Å². The summed E-state index contributed by atoms with van der Waals surface area (Å²) in [7, 11) is 0. The minimum atomic E-state index is -0.896. The third-order valence-corrected chi connectivity index (χ3v) is 8.22. The highest BCUT2D eigenvalue weighted by molar-refractivity contribution is 6.07. The highest BCUT2D eigenvalue weighted by Gasteiger charge is 2.66. The first kappa shape index (κ1) is 17.4. The second-order valence-corrected chi connectivity index (χ2v) is 9.47. The lowest BCUT2D eigenvalue weighted by atomic mass is 9.49. The second-order valence-electron chi connectivity index (χ2n) is 9.47. The van der Waals surface area contributed by atoms with Crippen LogP contribution >= 0.6 is 0 Å². The molecular formula is C22H28O5. The maximum atomic E-state index is 12.9. The maximum Gasteiger partial charge on any atom is 0.320 e. The first-order valence-electron chi connectivity index (χ1n) is 10.6. The summed E-state index contributed by atoms with van der Waals surface area (Å²) >= 11 is 0. The van der Waals surface area contributed by atoms with E-state index in [-0.39, 0.29) is 41.8 Å². The van der Waals surface area contributed by atoms with Gasteiger partial charge in [0.05, 0.1) is 0 Å². The smallest absolute Gasteiger partial charge is 0.320 e. The Morgan fingerprint density at radius 3 is 2.78 bits per heavy atom. The monoisotopic (exact) mass is 372 g/mol. The fourth-order valence-electron chi connectivity index (χ4n) is 6.98. The summed E-state index contributed by atoms with van der Waals surface area (Å²) in [6, 6.07) is 0. The largest absolute Gasteiger partial charge is 0.461 e. The molecule has 0 radical (unpaired) electrons. The van der Waals surface area contributed by atoms with Gasteiger partial charge in [0.25, 0.3) is 0 Å². The van der Waals surface area contributed by atoms with Gasteiger partial charge in [0, 0.05) is 18.8 Å². The molecule has 146 valence electrons.